The normalized spacial score (nSPS) is 11.7. The van der Waals surface area contributed by atoms with Gasteiger partial charge in [0.15, 0.2) is 0 Å². The zero-order chi connectivity index (χ0) is 18.6. The first-order valence-corrected chi connectivity index (χ1v) is 8.77. The maximum atomic E-state index is 13.0. The molecule has 2 heterocycles. The molecular weight excluding hydrogens is 340 g/mol. The van der Waals surface area contributed by atoms with Gasteiger partial charge in [-0.25, -0.2) is 0 Å². The standard InChI is InChI=1S/C21H18N4O2/c22-11-6-12-24(17-7-2-1-3-8-17)20(26)14-25-21-16(13-23-25)15-27-19-10-5-4-9-18(19)21/h1-5,7-10,13H,6,12,14-15H2. The Hall–Kier alpha value is -3.59. The Morgan fingerprint density at radius 2 is 1.96 bits per heavy atom. The van der Waals surface area contributed by atoms with Crippen LogP contribution in [0, 0.1) is 11.3 Å². The Morgan fingerprint density at radius 1 is 1.19 bits per heavy atom. The molecule has 1 amide bonds. The molecule has 134 valence electrons. The molecule has 1 aromatic heterocycles. The van der Waals surface area contributed by atoms with Crippen molar-refractivity contribution in [3.8, 4) is 23.1 Å². The minimum absolute atomic E-state index is 0.101. The van der Waals surface area contributed by atoms with Crippen molar-refractivity contribution in [3.63, 3.8) is 0 Å². The summed E-state index contributed by atoms with van der Waals surface area (Å²) < 4.78 is 7.48. The summed E-state index contributed by atoms with van der Waals surface area (Å²) in [7, 11) is 0. The highest BCUT2D eigenvalue weighted by Crippen LogP contribution is 2.37. The van der Waals surface area contributed by atoms with Gasteiger partial charge in [-0.15, -0.1) is 0 Å². The van der Waals surface area contributed by atoms with E-state index in [0.29, 0.717) is 13.2 Å². The summed E-state index contributed by atoms with van der Waals surface area (Å²) in [6.45, 7) is 0.893. The summed E-state index contributed by atoms with van der Waals surface area (Å²) in [4.78, 5) is 14.7. The second-order valence-corrected chi connectivity index (χ2v) is 6.25. The predicted octanol–water partition coefficient (Wildman–Crippen LogP) is 3.39. The third-order valence-electron chi connectivity index (χ3n) is 4.54. The number of anilines is 1. The Morgan fingerprint density at radius 3 is 2.78 bits per heavy atom. The van der Waals surface area contributed by atoms with Crippen LogP contribution >= 0.6 is 0 Å². The van der Waals surface area contributed by atoms with Gasteiger partial charge in [0.1, 0.15) is 18.9 Å². The molecule has 0 aliphatic carbocycles. The second kappa shape index (κ2) is 7.34. The quantitative estimate of drug-likeness (QED) is 0.701. The number of aromatic nitrogens is 2. The Balaban J connectivity index is 1.64. The molecule has 3 aromatic rings. The number of rotatable bonds is 5. The van der Waals surface area contributed by atoms with E-state index < -0.39 is 0 Å². The van der Waals surface area contributed by atoms with E-state index in [1.807, 2.05) is 54.6 Å². The maximum Gasteiger partial charge on any atom is 0.248 e. The predicted molar refractivity (Wildman–Crippen MR) is 101 cm³/mol. The highest BCUT2D eigenvalue weighted by Gasteiger charge is 2.24. The molecule has 1 aliphatic heterocycles. The fourth-order valence-electron chi connectivity index (χ4n) is 3.29. The van der Waals surface area contributed by atoms with Crippen LogP contribution in [-0.4, -0.2) is 22.2 Å². The monoisotopic (exact) mass is 358 g/mol. The van der Waals surface area contributed by atoms with E-state index in [-0.39, 0.29) is 18.9 Å². The number of nitrogens with zero attached hydrogens (tertiary/aromatic N) is 4. The van der Waals surface area contributed by atoms with E-state index in [1.54, 1.807) is 15.8 Å². The summed E-state index contributed by atoms with van der Waals surface area (Å²) in [5, 5.41) is 13.4. The molecule has 0 atom stereocenters. The van der Waals surface area contributed by atoms with Gasteiger partial charge < -0.3 is 9.64 Å². The topological polar surface area (TPSA) is 71.2 Å². The van der Waals surface area contributed by atoms with Crippen molar-refractivity contribution in [2.24, 2.45) is 0 Å². The highest BCUT2D eigenvalue weighted by molar-refractivity contribution is 5.93. The number of hydrogen-bond acceptors (Lipinski definition) is 4. The molecule has 27 heavy (non-hydrogen) atoms. The molecule has 4 rings (SSSR count). The zero-order valence-electron chi connectivity index (χ0n) is 14.7. The first kappa shape index (κ1) is 16.9. The van der Waals surface area contributed by atoms with E-state index in [2.05, 4.69) is 11.2 Å². The minimum atomic E-state index is -0.105. The molecule has 0 radical (unpaired) electrons. The molecule has 6 heteroatoms. The van der Waals surface area contributed by atoms with Crippen LogP contribution in [0.25, 0.3) is 11.3 Å². The molecule has 0 unspecified atom stereocenters. The molecule has 6 nitrogen and oxygen atoms in total. The van der Waals surface area contributed by atoms with Crippen molar-refractivity contribution in [2.45, 2.75) is 19.6 Å². The summed E-state index contributed by atoms with van der Waals surface area (Å²) in [5.74, 6) is 0.690. The van der Waals surface area contributed by atoms with E-state index in [1.165, 1.54) is 0 Å². The third-order valence-corrected chi connectivity index (χ3v) is 4.54. The molecule has 0 fully saturated rings. The lowest BCUT2D eigenvalue weighted by Crippen LogP contribution is -2.35. The van der Waals surface area contributed by atoms with Crippen LogP contribution in [0.5, 0.6) is 5.75 Å². The fraction of sp³-hybridized carbons (Fsp3) is 0.190. The number of ether oxygens (including phenoxy) is 1. The first-order chi connectivity index (χ1) is 13.3. The number of para-hydroxylation sites is 2. The number of amides is 1. The van der Waals surface area contributed by atoms with Gasteiger partial charge in [0.05, 0.1) is 24.4 Å². The van der Waals surface area contributed by atoms with Gasteiger partial charge in [0, 0.05) is 23.4 Å². The van der Waals surface area contributed by atoms with Crippen molar-refractivity contribution in [1.29, 1.82) is 5.26 Å². The van der Waals surface area contributed by atoms with E-state index >= 15 is 0 Å². The van der Waals surface area contributed by atoms with Crippen molar-refractivity contribution < 1.29 is 9.53 Å². The van der Waals surface area contributed by atoms with Crippen LogP contribution in [0.3, 0.4) is 0 Å². The summed E-state index contributed by atoms with van der Waals surface area (Å²) in [6, 6.07) is 19.3. The zero-order valence-corrected chi connectivity index (χ0v) is 14.7. The molecule has 0 saturated heterocycles. The van der Waals surface area contributed by atoms with Gasteiger partial charge in [0.25, 0.3) is 0 Å². The minimum Gasteiger partial charge on any atom is -0.488 e. The largest absolute Gasteiger partial charge is 0.488 e. The molecule has 1 aliphatic rings. The third kappa shape index (κ3) is 3.27. The molecule has 0 spiro atoms. The van der Waals surface area contributed by atoms with Crippen LogP contribution in [-0.2, 0) is 17.9 Å². The number of nitriles is 1. The maximum absolute atomic E-state index is 13.0. The number of carbonyl (C=O) groups excluding carboxylic acids is 1. The van der Waals surface area contributed by atoms with Crippen molar-refractivity contribution in [2.75, 3.05) is 11.4 Å². The average Bonchev–Trinajstić information content (AvgIpc) is 3.12. The number of benzene rings is 2. The number of carbonyl (C=O) groups is 1. The summed E-state index contributed by atoms with van der Waals surface area (Å²) in [6.07, 6.45) is 2.02. The van der Waals surface area contributed by atoms with Crippen molar-refractivity contribution in [3.05, 3.63) is 66.4 Å². The first-order valence-electron chi connectivity index (χ1n) is 8.77. The van der Waals surface area contributed by atoms with Crippen molar-refractivity contribution >= 4 is 11.6 Å². The smallest absolute Gasteiger partial charge is 0.248 e. The van der Waals surface area contributed by atoms with Gasteiger partial charge >= 0.3 is 0 Å². The van der Waals surface area contributed by atoms with E-state index in [0.717, 1.165) is 28.3 Å². The Labute approximate surface area is 157 Å². The Kier molecular flexibility index (Phi) is 4.58. The molecule has 0 N–H and O–H groups in total. The van der Waals surface area contributed by atoms with Gasteiger partial charge in [0.2, 0.25) is 5.91 Å². The lowest BCUT2D eigenvalue weighted by Gasteiger charge is -2.23. The Bertz CT molecular complexity index is 1000. The van der Waals surface area contributed by atoms with Gasteiger partial charge in [-0.05, 0) is 24.3 Å². The van der Waals surface area contributed by atoms with Gasteiger partial charge in [-0.1, -0.05) is 30.3 Å². The fourth-order valence-corrected chi connectivity index (χ4v) is 3.29. The summed E-state index contributed by atoms with van der Waals surface area (Å²) >= 11 is 0. The van der Waals surface area contributed by atoms with Crippen LogP contribution in [0.4, 0.5) is 5.69 Å². The second-order valence-electron chi connectivity index (χ2n) is 6.25. The van der Waals surface area contributed by atoms with Gasteiger partial charge in [-0.3, -0.25) is 9.48 Å². The van der Waals surface area contributed by atoms with Crippen LogP contribution < -0.4 is 9.64 Å². The molecule has 0 bridgehead atoms. The highest BCUT2D eigenvalue weighted by atomic mass is 16.5. The van der Waals surface area contributed by atoms with Crippen molar-refractivity contribution in [1.82, 2.24) is 9.78 Å². The number of fused-ring (bicyclic) bond motifs is 3. The molecule has 2 aromatic carbocycles. The molecule has 0 saturated carbocycles. The lowest BCUT2D eigenvalue weighted by atomic mass is 10.0. The van der Waals surface area contributed by atoms with Gasteiger partial charge in [-0.2, -0.15) is 10.4 Å². The SMILES string of the molecule is N#CCCN(C(=O)Cn1ncc2c1-c1ccccc1OC2)c1ccccc1. The van der Waals surface area contributed by atoms with E-state index in [9.17, 15) is 4.79 Å². The lowest BCUT2D eigenvalue weighted by molar-refractivity contribution is -0.119. The number of hydrogen-bond donors (Lipinski definition) is 0. The average molecular weight is 358 g/mol. The molecular formula is C21H18N4O2. The van der Waals surface area contributed by atoms with Crippen LogP contribution in [0.1, 0.15) is 12.0 Å². The van der Waals surface area contributed by atoms with E-state index in [4.69, 9.17) is 10.00 Å². The summed E-state index contributed by atoms with van der Waals surface area (Å²) in [5.41, 5.74) is 3.60. The van der Waals surface area contributed by atoms with Crippen LogP contribution in [0.15, 0.2) is 60.8 Å². The van der Waals surface area contributed by atoms with Crippen LogP contribution in [0.2, 0.25) is 0 Å².